The minimum absolute atomic E-state index is 0.216. The number of rotatable bonds is 6. The highest BCUT2D eigenvalue weighted by molar-refractivity contribution is 5.95. The van der Waals surface area contributed by atoms with Gasteiger partial charge in [0.1, 0.15) is 12.3 Å². The molecule has 0 aliphatic heterocycles. The molecule has 0 atom stereocenters. The van der Waals surface area contributed by atoms with Crippen molar-refractivity contribution in [3.8, 4) is 5.69 Å². The quantitative estimate of drug-likeness (QED) is 0.358. The van der Waals surface area contributed by atoms with Gasteiger partial charge < -0.3 is 4.74 Å². The summed E-state index contributed by atoms with van der Waals surface area (Å²) in [4.78, 5) is 20.5. The van der Waals surface area contributed by atoms with Crippen LogP contribution in [-0.2, 0) is 18.4 Å². The molecule has 29 heavy (non-hydrogen) atoms. The highest BCUT2D eigenvalue weighted by atomic mass is 16.5. The fraction of sp³-hybridized carbons (Fsp3) is 0.316. The molecule has 0 fully saturated rings. The molecule has 150 valence electrons. The summed E-state index contributed by atoms with van der Waals surface area (Å²) >= 11 is 0. The van der Waals surface area contributed by atoms with Gasteiger partial charge in [-0.25, -0.2) is 14.8 Å². The molecule has 10 nitrogen and oxygen atoms in total. The van der Waals surface area contributed by atoms with Gasteiger partial charge in [-0.3, -0.25) is 0 Å². The molecular weight excluding hydrogens is 372 g/mol. The van der Waals surface area contributed by atoms with E-state index in [1.807, 2.05) is 26.0 Å². The highest BCUT2D eigenvalue weighted by Gasteiger charge is 2.14. The Hall–Kier alpha value is -3.69. The van der Waals surface area contributed by atoms with E-state index in [2.05, 4.69) is 30.6 Å². The molecule has 0 radical (unpaired) electrons. The fourth-order valence-corrected chi connectivity index (χ4v) is 2.56. The lowest BCUT2D eigenvalue weighted by atomic mass is 10.1. The molecular formula is C19H22N8O2. The van der Waals surface area contributed by atoms with E-state index in [9.17, 15) is 4.79 Å². The lowest BCUT2D eigenvalue weighted by Gasteiger charge is -2.13. The molecule has 0 N–H and O–H groups in total. The van der Waals surface area contributed by atoms with Crippen molar-refractivity contribution in [2.45, 2.75) is 33.8 Å². The molecule has 2 heterocycles. The largest absolute Gasteiger partial charge is 0.475 e. The number of hydrogen-bond acceptors (Lipinski definition) is 8. The second-order valence-electron chi connectivity index (χ2n) is 6.26. The summed E-state index contributed by atoms with van der Waals surface area (Å²) in [5.74, 6) is 0.968. The predicted octanol–water partition coefficient (Wildman–Crippen LogP) is 1.81. The van der Waals surface area contributed by atoms with Gasteiger partial charge in [-0.05, 0) is 42.0 Å². The Kier molecular flexibility index (Phi) is 6.22. The Labute approximate surface area is 167 Å². The van der Waals surface area contributed by atoms with Crippen molar-refractivity contribution in [3.05, 3.63) is 64.1 Å². The molecule has 0 spiro atoms. The number of tetrazole rings is 1. The van der Waals surface area contributed by atoms with E-state index in [0.717, 1.165) is 11.1 Å². The zero-order valence-electron chi connectivity index (χ0n) is 16.8. The van der Waals surface area contributed by atoms with E-state index in [4.69, 9.17) is 4.74 Å². The minimum Gasteiger partial charge on any atom is -0.475 e. The molecule has 0 aliphatic carbocycles. The van der Waals surface area contributed by atoms with Gasteiger partial charge in [0.25, 0.3) is 0 Å². The molecule has 1 aromatic carbocycles. The summed E-state index contributed by atoms with van der Waals surface area (Å²) in [7, 11) is 1.55. The monoisotopic (exact) mass is 394 g/mol. The molecule has 10 heteroatoms. The summed E-state index contributed by atoms with van der Waals surface area (Å²) in [6.45, 7) is 5.87. The Bertz CT molecular complexity index is 1100. The number of ether oxygens (including phenoxy) is 1. The van der Waals surface area contributed by atoms with Crippen LogP contribution in [0, 0.1) is 6.92 Å². The van der Waals surface area contributed by atoms with Gasteiger partial charge in [-0.1, -0.05) is 19.1 Å². The van der Waals surface area contributed by atoms with Crippen molar-refractivity contribution in [2.24, 2.45) is 17.3 Å². The molecule has 0 saturated heterocycles. The maximum absolute atomic E-state index is 12.2. The van der Waals surface area contributed by atoms with Gasteiger partial charge in [0.05, 0.1) is 5.69 Å². The van der Waals surface area contributed by atoms with Crippen LogP contribution in [-0.4, -0.2) is 41.4 Å². The molecule has 3 rings (SSSR count). The Morgan fingerprint density at radius 2 is 1.90 bits per heavy atom. The number of hydrogen-bond donors (Lipinski definition) is 0. The highest BCUT2D eigenvalue weighted by Crippen LogP contribution is 2.18. The third kappa shape index (κ3) is 4.60. The summed E-state index contributed by atoms with van der Waals surface area (Å²) < 4.78 is 8.31. The van der Waals surface area contributed by atoms with Crippen LogP contribution in [0.3, 0.4) is 0 Å². The van der Waals surface area contributed by atoms with E-state index < -0.39 is 0 Å². The molecule has 2 aromatic heterocycles. The van der Waals surface area contributed by atoms with Crippen molar-refractivity contribution in [2.75, 3.05) is 0 Å². The van der Waals surface area contributed by atoms with Crippen LogP contribution < -0.4 is 5.69 Å². The Balaban J connectivity index is 1.83. The lowest BCUT2D eigenvalue weighted by molar-refractivity contribution is 0.282. The summed E-state index contributed by atoms with van der Waals surface area (Å²) in [6.07, 6.45) is 3.85. The molecule has 3 aromatic rings. The fourth-order valence-electron chi connectivity index (χ4n) is 2.56. The predicted molar refractivity (Wildman–Crippen MR) is 108 cm³/mol. The van der Waals surface area contributed by atoms with Crippen LogP contribution >= 0.6 is 0 Å². The number of aromatic nitrogens is 6. The maximum atomic E-state index is 12.2. The Morgan fingerprint density at radius 3 is 2.55 bits per heavy atom. The topological polar surface area (TPSA) is 112 Å². The van der Waals surface area contributed by atoms with Crippen molar-refractivity contribution in [3.63, 3.8) is 0 Å². The summed E-state index contributed by atoms with van der Waals surface area (Å²) in [5.41, 5.74) is 2.67. The molecule has 0 bridgehead atoms. The minimum atomic E-state index is -0.329. The lowest BCUT2D eigenvalue weighted by Crippen LogP contribution is -2.23. The number of aryl methyl sites for hydroxylation is 2. The van der Waals surface area contributed by atoms with Crippen molar-refractivity contribution in [1.82, 2.24) is 29.8 Å². The third-order valence-electron chi connectivity index (χ3n) is 4.22. The normalized spacial score (nSPS) is 12.3. The van der Waals surface area contributed by atoms with Gasteiger partial charge in [0.2, 0.25) is 5.90 Å². The maximum Gasteiger partial charge on any atom is 0.368 e. The summed E-state index contributed by atoms with van der Waals surface area (Å²) in [5, 5.41) is 16.1. The average molecular weight is 394 g/mol. The van der Waals surface area contributed by atoms with Crippen LogP contribution in [0.5, 0.6) is 0 Å². The molecule has 0 saturated carbocycles. The first-order valence-corrected chi connectivity index (χ1v) is 9.10. The zero-order valence-corrected chi connectivity index (χ0v) is 16.8. The van der Waals surface area contributed by atoms with Crippen LogP contribution in [0.25, 0.3) is 5.69 Å². The van der Waals surface area contributed by atoms with Crippen molar-refractivity contribution < 1.29 is 4.74 Å². The van der Waals surface area contributed by atoms with E-state index in [-0.39, 0.29) is 12.3 Å². The number of nitrogens with zero attached hydrogens (tertiary/aromatic N) is 8. The SMILES string of the molecule is CCC(=NN=C(C)c1ncccn1)OCc1c(C)cccc1-n1nnn(C)c1=O. The van der Waals surface area contributed by atoms with Gasteiger partial charge in [0, 0.05) is 31.4 Å². The van der Waals surface area contributed by atoms with Gasteiger partial charge in [-0.15, -0.1) is 10.2 Å². The zero-order chi connectivity index (χ0) is 20.8. The number of benzene rings is 1. The van der Waals surface area contributed by atoms with Crippen molar-refractivity contribution >= 4 is 11.6 Å². The van der Waals surface area contributed by atoms with Gasteiger partial charge >= 0.3 is 5.69 Å². The van der Waals surface area contributed by atoms with E-state index >= 15 is 0 Å². The van der Waals surface area contributed by atoms with Crippen molar-refractivity contribution in [1.29, 1.82) is 0 Å². The standard InChI is InChI=1S/C19H22N8O2/c1-5-17(23-22-14(3)18-20-10-7-11-21-18)29-12-15-13(2)8-6-9-16(15)27-19(28)26(4)24-25-27/h6-11H,5,12H2,1-4H3. The molecule has 0 aliphatic rings. The van der Waals surface area contributed by atoms with Crippen LogP contribution in [0.1, 0.15) is 37.2 Å². The van der Waals surface area contributed by atoms with Crippen LogP contribution in [0.4, 0.5) is 0 Å². The Morgan fingerprint density at radius 1 is 1.14 bits per heavy atom. The van der Waals surface area contributed by atoms with E-state index in [0.29, 0.717) is 29.5 Å². The first-order valence-electron chi connectivity index (χ1n) is 9.10. The first kappa shape index (κ1) is 20.1. The average Bonchev–Trinajstić information content (AvgIpc) is 3.07. The second kappa shape index (κ2) is 9.00. The smallest absolute Gasteiger partial charge is 0.368 e. The van der Waals surface area contributed by atoms with E-state index in [1.165, 1.54) is 9.36 Å². The van der Waals surface area contributed by atoms with Crippen LogP contribution in [0.2, 0.25) is 0 Å². The first-order chi connectivity index (χ1) is 14.0. The van der Waals surface area contributed by atoms with Gasteiger partial charge in [0.15, 0.2) is 5.82 Å². The third-order valence-corrected chi connectivity index (χ3v) is 4.22. The second-order valence-corrected chi connectivity index (χ2v) is 6.26. The van der Waals surface area contributed by atoms with E-state index in [1.54, 1.807) is 38.5 Å². The molecule has 0 unspecified atom stereocenters. The summed E-state index contributed by atoms with van der Waals surface area (Å²) in [6, 6.07) is 7.35. The molecule has 0 amide bonds. The van der Waals surface area contributed by atoms with Crippen LogP contribution in [0.15, 0.2) is 51.7 Å². The van der Waals surface area contributed by atoms with Gasteiger partial charge in [-0.2, -0.15) is 9.36 Å².